The molecule has 5 nitrogen and oxygen atoms in total. The van der Waals surface area contributed by atoms with Crippen molar-refractivity contribution in [3.8, 4) is 0 Å². The second kappa shape index (κ2) is 6.61. The van der Waals surface area contributed by atoms with Crippen LogP contribution in [0.3, 0.4) is 0 Å². The first kappa shape index (κ1) is 13.9. The van der Waals surface area contributed by atoms with Crippen LogP contribution in [0.1, 0.15) is 35.4 Å². The van der Waals surface area contributed by atoms with Gasteiger partial charge in [0.25, 0.3) is 5.91 Å². The van der Waals surface area contributed by atoms with Gasteiger partial charge in [-0.2, -0.15) is 0 Å². The van der Waals surface area contributed by atoms with E-state index in [9.17, 15) is 4.79 Å². The zero-order valence-electron chi connectivity index (χ0n) is 11.7. The Labute approximate surface area is 114 Å². The molecule has 0 radical (unpaired) electrons. The summed E-state index contributed by atoms with van der Waals surface area (Å²) in [4.78, 5) is 21.8. The molecule has 0 spiro atoms. The first-order valence-electron chi connectivity index (χ1n) is 6.90. The van der Waals surface area contributed by atoms with Gasteiger partial charge in [-0.15, -0.1) is 0 Å². The highest BCUT2D eigenvalue weighted by Crippen LogP contribution is 2.18. The monoisotopic (exact) mass is 262 g/mol. The lowest BCUT2D eigenvalue weighted by Gasteiger charge is -2.14. The van der Waals surface area contributed by atoms with Crippen LogP contribution in [0.25, 0.3) is 0 Å². The summed E-state index contributed by atoms with van der Waals surface area (Å²) < 4.78 is 0. The molecule has 1 atom stereocenters. The molecule has 1 aliphatic heterocycles. The van der Waals surface area contributed by atoms with E-state index in [0.717, 1.165) is 25.2 Å². The van der Waals surface area contributed by atoms with Crippen LogP contribution in [-0.2, 0) is 6.42 Å². The average molecular weight is 262 g/mol. The maximum Gasteiger partial charge on any atom is 0.272 e. The van der Waals surface area contributed by atoms with Crippen molar-refractivity contribution in [3.05, 3.63) is 23.8 Å². The Morgan fingerprint density at radius 3 is 3.00 bits per heavy atom. The number of rotatable bonds is 3. The molecular weight excluding hydrogens is 240 g/mol. The topological polar surface area (TPSA) is 58.1 Å². The van der Waals surface area contributed by atoms with Crippen LogP contribution < -0.4 is 5.32 Å². The summed E-state index contributed by atoms with van der Waals surface area (Å²) in [6.07, 6.45) is 6.08. The van der Waals surface area contributed by atoms with Crippen molar-refractivity contribution < 1.29 is 4.79 Å². The van der Waals surface area contributed by atoms with Crippen LogP contribution in [0.5, 0.6) is 0 Å². The molecule has 0 aromatic carbocycles. The Kier molecular flexibility index (Phi) is 4.85. The Balaban J connectivity index is 2.04. The SMILES string of the molecule is CN(C)C(=O)c1cc(C[C@H]2CCCNCC2)ncn1. The molecule has 19 heavy (non-hydrogen) atoms. The summed E-state index contributed by atoms with van der Waals surface area (Å²) in [6, 6.07) is 1.83. The van der Waals surface area contributed by atoms with Gasteiger partial charge >= 0.3 is 0 Å². The zero-order valence-corrected chi connectivity index (χ0v) is 11.7. The summed E-state index contributed by atoms with van der Waals surface area (Å²) >= 11 is 0. The third-order valence-electron chi connectivity index (χ3n) is 3.54. The normalized spacial score (nSPS) is 19.8. The average Bonchev–Trinajstić information content (AvgIpc) is 2.66. The van der Waals surface area contributed by atoms with Crippen molar-refractivity contribution in [1.29, 1.82) is 0 Å². The summed E-state index contributed by atoms with van der Waals surface area (Å²) in [6.45, 7) is 2.20. The van der Waals surface area contributed by atoms with Crippen molar-refractivity contribution in [3.63, 3.8) is 0 Å². The van der Waals surface area contributed by atoms with E-state index in [1.54, 1.807) is 19.0 Å². The molecule has 2 rings (SSSR count). The molecule has 1 saturated heterocycles. The minimum atomic E-state index is -0.0637. The van der Waals surface area contributed by atoms with Crippen LogP contribution in [-0.4, -0.2) is 48.0 Å². The van der Waals surface area contributed by atoms with Gasteiger partial charge < -0.3 is 10.2 Å². The maximum absolute atomic E-state index is 11.9. The number of carbonyl (C=O) groups excluding carboxylic acids is 1. The zero-order chi connectivity index (χ0) is 13.7. The molecule has 0 unspecified atom stereocenters. The van der Waals surface area contributed by atoms with Crippen molar-refractivity contribution in [1.82, 2.24) is 20.2 Å². The van der Waals surface area contributed by atoms with Gasteiger partial charge in [0.2, 0.25) is 0 Å². The third-order valence-corrected chi connectivity index (χ3v) is 3.54. The molecular formula is C14H22N4O. The van der Waals surface area contributed by atoms with Crippen molar-refractivity contribution in [2.75, 3.05) is 27.2 Å². The molecule has 0 aliphatic carbocycles. The van der Waals surface area contributed by atoms with Crippen LogP contribution in [0, 0.1) is 5.92 Å². The van der Waals surface area contributed by atoms with Gasteiger partial charge in [0.05, 0.1) is 0 Å². The molecule has 2 heterocycles. The van der Waals surface area contributed by atoms with Crippen LogP contribution in [0.4, 0.5) is 0 Å². The molecule has 1 aliphatic rings. The Morgan fingerprint density at radius 2 is 2.21 bits per heavy atom. The van der Waals surface area contributed by atoms with Gasteiger partial charge in [0, 0.05) is 19.8 Å². The molecule has 0 bridgehead atoms. The molecule has 5 heteroatoms. The first-order valence-corrected chi connectivity index (χ1v) is 6.90. The smallest absolute Gasteiger partial charge is 0.272 e. The second-order valence-electron chi connectivity index (χ2n) is 5.35. The van der Waals surface area contributed by atoms with Crippen LogP contribution >= 0.6 is 0 Å². The van der Waals surface area contributed by atoms with E-state index in [4.69, 9.17) is 0 Å². The standard InChI is InChI=1S/C14H22N4O/c1-18(2)14(19)13-9-12(16-10-17-13)8-11-4-3-6-15-7-5-11/h9-11,15H,3-8H2,1-2H3/t11-/m0/s1. The van der Waals surface area contributed by atoms with E-state index in [1.807, 2.05) is 6.07 Å². The summed E-state index contributed by atoms with van der Waals surface area (Å²) in [5.74, 6) is 0.596. The molecule has 1 amide bonds. The molecule has 104 valence electrons. The predicted octanol–water partition coefficient (Wildman–Crippen LogP) is 1.11. The fourth-order valence-corrected chi connectivity index (χ4v) is 2.45. The highest BCUT2D eigenvalue weighted by molar-refractivity contribution is 5.91. The third kappa shape index (κ3) is 3.99. The van der Waals surface area contributed by atoms with E-state index in [-0.39, 0.29) is 5.91 Å². The number of hydrogen-bond donors (Lipinski definition) is 1. The molecule has 1 fully saturated rings. The first-order chi connectivity index (χ1) is 9.16. The van der Waals surface area contributed by atoms with Gasteiger partial charge in [-0.25, -0.2) is 9.97 Å². The van der Waals surface area contributed by atoms with Gasteiger partial charge in [-0.05, 0) is 50.8 Å². The number of nitrogens with zero attached hydrogens (tertiary/aromatic N) is 3. The summed E-state index contributed by atoms with van der Waals surface area (Å²) in [7, 11) is 3.47. The fraction of sp³-hybridized carbons (Fsp3) is 0.643. The Morgan fingerprint density at radius 1 is 1.37 bits per heavy atom. The quantitative estimate of drug-likeness (QED) is 0.886. The second-order valence-corrected chi connectivity index (χ2v) is 5.35. The number of aromatic nitrogens is 2. The maximum atomic E-state index is 11.9. The van der Waals surface area contributed by atoms with Crippen LogP contribution in [0.15, 0.2) is 12.4 Å². The number of hydrogen-bond acceptors (Lipinski definition) is 4. The Hall–Kier alpha value is -1.49. The van der Waals surface area contributed by atoms with Crippen molar-refractivity contribution in [2.45, 2.75) is 25.7 Å². The summed E-state index contributed by atoms with van der Waals surface area (Å²) in [5, 5.41) is 3.41. The lowest BCUT2D eigenvalue weighted by Crippen LogP contribution is -2.23. The number of nitrogens with one attached hydrogen (secondary N) is 1. The fourth-order valence-electron chi connectivity index (χ4n) is 2.45. The largest absolute Gasteiger partial charge is 0.343 e. The highest BCUT2D eigenvalue weighted by Gasteiger charge is 2.15. The summed E-state index contributed by atoms with van der Waals surface area (Å²) in [5.41, 5.74) is 1.47. The van der Waals surface area contributed by atoms with E-state index in [2.05, 4.69) is 15.3 Å². The lowest BCUT2D eigenvalue weighted by atomic mass is 9.95. The Bertz CT molecular complexity index is 425. The van der Waals surface area contributed by atoms with E-state index < -0.39 is 0 Å². The number of amides is 1. The highest BCUT2D eigenvalue weighted by atomic mass is 16.2. The van der Waals surface area contributed by atoms with Crippen LogP contribution in [0.2, 0.25) is 0 Å². The van der Waals surface area contributed by atoms with E-state index in [1.165, 1.54) is 25.6 Å². The predicted molar refractivity (Wildman–Crippen MR) is 74.0 cm³/mol. The van der Waals surface area contributed by atoms with Crippen molar-refractivity contribution in [2.24, 2.45) is 5.92 Å². The lowest BCUT2D eigenvalue weighted by molar-refractivity contribution is 0.0821. The minimum Gasteiger partial charge on any atom is -0.343 e. The molecule has 1 aromatic heterocycles. The minimum absolute atomic E-state index is 0.0637. The van der Waals surface area contributed by atoms with E-state index in [0.29, 0.717) is 11.6 Å². The molecule has 1 N–H and O–H groups in total. The van der Waals surface area contributed by atoms with Crippen molar-refractivity contribution >= 4 is 5.91 Å². The van der Waals surface area contributed by atoms with Gasteiger partial charge in [-0.3, -0.25) is 4.79 Å². The van der Waals surface area contributed by atoms with Gasteiger partial charge in [0.15, 0.2) is 0 Å². The van der Waals surface area contributed by atoms with E-state index >= 15 is 0 Å². The van der Waals surface area contributed by atoms with Gasteiger partial charge in [0.1, 0.15) is 12.0 Å². The molecule has 0 saturated carbocycles. The van der Waals surface area contributed by atoms with Gasteiger partial charge in [-0.1, -0.05) is 0 Å². The molecule has 1 aromatic rings. The number of carbonyl (C=O) groups is 1.